The minimum Gasteiger partial charge on any atom is -0.492 e. The predicted molar refractivity (Wildman–Crippen MR) is 125 cm³/mol. The molecule has 0 aliphatic carbocycles. The van der Waals surface area contributed by atoms with Crippen LogP contribution < -0.4 is 15.4 Å². The van der Waals surface area contributed by atoms with Crippen molar-refractivity contribution in [3.63, 3.8) is 0 Å². The molecule has 0 bridgehead atoms. The van der Waals surface area contributed by atoms with Gasteiger partial charge in [0.1, 0.15) is 23.7 Å². The van der Waals surface area contributed by atoms with Crippen LogP contribution in [0.15, 0.2) is 36.7 Å². The zero-order valence-electron chi connectivity index (χ0n) is 17.6. The van der Waals surface area contributed by atoms with E-state index in [0.717, 1.165) is 0 Å². The number of halogens is 2. The second-order valence-corrected chi connectivity index (χ2v) is 13.8. The van der Waals surface area contributed by atoms with Crippen LogP contribution in [-0.2, 0) is 22.5 Å². The van der Waals surface area contributed by atoms with Crippen molar-refractivity contribution in [1.29, 1.82) is 0 Å². The summed E-state index contributed by atoms with van der Waals surface area (Å²) in [5.41, 5.74) is 1.08. The number of nitrogens with one attached hydrogen (secondary N) is 2. The molecule has 1 amide bonds. The third-order valence-corrected chi connectivity index (χ3v) is 10.9. The number of hydrogen-bond donors (Lipinski definition) is 2. The third-order valence-electron chi connectivity index (χ3n) is 5.05. The molecule has 1 aliphatic heterocycles. The van der Waals surface area contributed by atoms with Crippen LogP contribution in [0.4, 0.5) is 21.6 Å². The summed E-state index contributed by atoms with van der Waals surface area (Å²) >= 11 is 5.84. The van der Waals surface area contributed by atoms with Crippen molar-refractivity contribution in [2.75, 3.05) is 28.7 Å². The Balaban J connectivity index is 1.71. The Bertz CT molecular complexity index is 1480. The van der Waals surface area contributed by atoms with Gasteiger partial charge in [-0.1, -0.05) is 11.6 Å². The number of benzene rings is 2. The van der Waals surface area contributed by atoms with Gasteiger partial charge in [-0.2, -0.15) is 0 Å². The first-order valence-electron chi connectivity index (χ1n) is 9.90. The van der Waals surface area contributed by atoms with Crippen LogP contribution in [-0.4, -0.2) is 50.8 Å². The van der Waals surface area contributed by atoms with Gasteiger partial charge in [0.15, 0.2) is 0 Å². The molecule has 4 rings (SSSR count). The standard InChI is InChI=1S/C20H18ClFN4O6S2/c1-2-32-18-7-16-13(19(24-10-23-16)25-12-3-4-15(22)14(21)5-12)6-17(18)26-20(27)11-8-33(28,29)34(30,31)9-11/h3-7,10-11H,2,8-9H2,1H3,(H,26,27)(H,23,24,25). The zero-order chi connectivity index (χ0) is 24.7. The molecule has 1 fully saturated rings. The van der Waals surface area contributed by atoms with Crippen LogP contribution in [0, 0.1) is 11.7 Å². The fourth-order valence-electron chi connectivity index (χ4n) is 3.40. The van der Waals surface area contributed by atoms with Crippen LogP contribution >= 0.6 is 11.6 Å². The van der Waals surface area contributed by atoms with Crippen LogP contribution in [0.2, 0.25) is 5.02 Å². The number of amides is 1. The summed E-state index contributed by atoms with van der Waals surface area (Å²) in [6.45, 7) is 1.99. The number of nitrogens with zero attached hydrogens (tertiary/aromatic N) is 2. The summed E-state index contributed by atoms with van der Waals surface area (Å²) in [7, 11) is -8.80. The molecule has 3 aromatic rings. The number of aromatic nitrogens is 2. The highest BCUT2D eigenvalue weighted by molar-refractivity contribution is 8.67. The summed E-state index contributed by atoms with van der Waals surface area (Å²) in [6.07, 6.45) is 1.30. The molecular formula is C20H18ClFN4O6S2. The SMILES string of the molecule is CCOc1cc2ncnc(Nc3ccc(F)c(Cl)c3)c2cc1NC(=O)C1CS(=O)(=O)S(=O)(=O)C1. The Hall–Kier alpha value is -3.03. The first-order valence-corrected chi connectivity index (χ1v) is 14.1. The normalized spacial score (nSPS) is 16.9. The van der Waals surface area contributed by atoms with Crippen LogP contribution in [0.3, 0.4) is 0 Å². The van der Waals surface area contributed by atoms with Gasteiger partial charge in [-0.25, -0.2) is 31.2 Å². The van der Waals surface area contributed by atoms with Crippen molar-refractivity contribution in [3.8, 4) is 5.75 Å². The monoisotopic (exact) mass is 528 g/mol. The average Bonchev–Trinajstić information content (AvgIpc) is 2.99. The molecule has 2 heterocycles. The molecule has 180 valence electrons. The van der Waals surface area contributed by atoms with E-state index in [9.17, 15) is 26.0 Å². The number of anilines is 3. The fourth-order valence-corrected chi connectivity index (χ4v) is 7.90. The number of rotatable bonds is 6. The first-order chi connectivity index (χ1) is 16.0. The minimum absolute atomic E-state index is 0.0867. The van der Waals surface area contributed by atoms with Gasteiger partial charge in [-0.3, -0.25) is 4.79 Å². The predicted octanol–water partition coefficient (Wildman–Crippen LogP) is 2.88. The molecule has 14 heteroatoms. The number of ether oxygens (including phenoxy) is 1. The van der Waals surface area contributed by atoms with Gasteiger partial charge in [0.05, 0.1) is 40.3 Å². The van der Waals surface area contributed by atoms with Crippen molar-refractivity contribution >= 4 is 63.3 Å². The maximum Gasteiger partial charge on any atom is 0.254 e. The molecular weight excluding hydrogens is 511 g/mol. The lowest BCUT2D eigenvalue weighted by Gasteiger charge is -2.16. The van der Waals surface area contributed by atoms with E-state index in [1.165, 1.54) is 30.6 Å². The Morgan fingerprint density at radius 1 is 1.15 bits per heavy atom. The van der Waals surface area contributed by atoms with E-state index in [2.05, 4.69) is 20.6 Å². The second-order valence-electron chi connectivity index (χ2n) is 7.41. The van der Waals surface area contributed by atoms with E-state index < -0.39 is 46.9 Å². The Morgan fingerprint density at radius 2 is 1.85 bits per heavy atom. The quantitative estimate of drug-likeness (QED) is 0.461. The Morgan fingerprint density at radius 3 is 2.50 bits per heavy atom. The highest BCUT2D eigenvalue weighted by Gasteiger charge is 2.46. The van der Waals surface area contributed by atoms with Gasteiger partial charge >= 0.3 is 0 Å². The number of fused-ring (bicyclic) bond motifs is 1. The minimum atomic E-state index is -4.40. The molecule has 0 saturated carbocycles. The topological polar surface area (TPSA) is 144 Å². The summed E-state index contributed by atoms with van der Waals surface area (Å²) in [6, 6.07) is 7.11. The molecule has 2 aromatic carbocycles. The molecule has 2 N–H and O–H groups in total. The molecule has 0 spiro atoms. The summed E-state index contributed by atoms with van der Waals surface area (Å²) in [5.74, 6) is -3.63. The van der Waals surface area contributed by atoms with Gasteiger partial charge in [-0.05, 0) is 31.2 Å². The van der Waals surface area contributed by atoms with E-state index >= 15 is 0 Å². The zero-order valence-corrected chi connectivity index (χ0v) is 20.0. The lowest BCUT2D eigenvalue weighted by atomic mass is 10.1. The largest absolute Gasteiger partial charge is 0.492 e. The maximum atomic E-state index is 13.5. The average molecular weight is 529 g/mol. The van der Waals surface area contributed by atoms with Gasteiger partial charge in [-0.15, -0.1) is 0 Å². The van der Waals surface area contributed by atoms with E-state index in [4.69, 9.17) is 16.3 Å². The third kappa shape index (κ3) is 4.63. The highest BCUT2D eigenvalue weighted by Crippen LogP contribution is 2.34. The maximum absolute atomic E-state index is 13.5. The van der Waals surface area contributed by atoms with Gasteiger partial charge in [0.2, 0.25) is 5.91 Å². The number of hydrogen-bond acceptors (Lipinski definition) is 9. The van der Waals surface area contributed by atoms with E-state index in [1.807, 2.05) is 0 Å². The van der Waals surface area contributed by atoms with E-state index in [-0.39, 0.29) is 23.1 Å². The molecule has 10 nitrogen and oxygen atoms in total. The highest BCUT2D eigenvalue weighted by atomic mass is 35.5. The number of carbonyl (C=O) groups is 1. The van der Waals surface area contributed by atoms with Crippen molar-refractivity contribution in [3.05, 3.63) is 47.5 Å². The smallest absolute Gasteiger partial charge is 0.254 e. The van der Waals surface area contributed by atoms with Crippen molar-refractivity contribution in [2.45, 2.75) is 6.92 Å². The van der Waals surface area contributed by atoms with Crippen LogP contribution in [0.1, 0.15) is 6.92 Å². The van der Waals surface area contributed by atoms with Gasteiger partial charge in [0, 0.05) is 17.1 Å². The van der Waals surface area contributed by atoms with Crippen LogP contribution in [0.5, 0.6) is 5.75 Å². The number of carbonyl (C=O) groups excluding carboxylic acids is 1. The molecule has 34 heavy (non-hydrogen) atoms. The lowest BCUT2D eigenvalue weighted by Crippen LogP contribution is -2.26. The van der Waals surface area contributed by atoms with Gasteiger partial charge in [0.25, 0.3) is 17.7 Å². The summed E-state index contributed by atoms with van der Waals surface area (Å²) in [5, 5.41) is 5.94. The Labute approximate surface area is 198 Å². The lowest BCUT2D eigenvalue weighted by molar-refractivity contribution is -0.118. The van der Waals surface area contributed by atoms with Crippen molar-refractivity contribution in [2.24, 2.45) is 5.92 Å². The molecule has 0 radical (unpaired) electrons. The molecule has 1 aromatic heterocycles. The molecule has 1 aliphatic rings. The summed E-state index contributed by atoms with van der Waals surface area (Å²) < 4.78 is 66.3. The van der Waals surface area contributed by atoms with Crippen LogP contribution in [0.25, 0.3) is 10.9 Å². The van der Waals surface area contributed by atoms with E-state index in [1.54, 1.807) is 13.0 Å². The molecule has 0 atom stereocenters. The van der Waals surface area contributed by atoms with Gasteiger partial charge < -0.3 is 15.4 Å². The molecule has 1 saturated heterocycles. The van der Waals surface area contributed by atoms with Crippen molar-refractivity contribution < 1.29 is 30.8 Å². The first kappa shape index (κ1) is 24.1. The second kappa shape index (κ2) is 8.96. The molecule has 0 unspecified atom stereocenters. The van der Waals surface area contributed by atoms with Crippen molar-refractivity contribution in [1.82, 2.24) is 9.97 Å². The van der Waals surface area contributed by atoms with E-state index in [0.29, 0.717) is 22.4 Å². The Kier molecular flexibility index (Phi) is 6.36. The summed E-state index contributed by atoms with van der Waals surface area (Å²) in [4.78, 5) is 21.1. The fraction of sp³-hybridized carbons (Fsp3) is 0.250.